The molecule has 80 valence electrons. The summed E-state index contributed by atoms with van der Waals surface area (Å²) in [4.78, 5) is 8.95. The van der Waals surface area contributed by atoms with Gasteiger partial charge in [0.1, 0.15) is 5.15 Å². The number of ether oxygens (including phenoxy) is 1. The Balaban J connectivity index is 0.000000364. The molecular formula is C7H8Cl2FNO2S. The Bertz CT molecular complexity index is 306. The van der Waals surface area contributed by atoms with Gasteiger partial charge >= 0.3 is 0 Å². The lowest BCUT2D eigenvalue weighted by Gasteiger charge is -1.96. The Morgan fingerprint density at radius 2 is 2.14 bits per heavy atom. The van der Waals surface area contributed by atoms with Crippen molar-refractivity contribution in [2.75, 3.05) is 7.11 Å². The molecule has 0 radical (unpaired) electrons. The van der Waals surface area contributed by atoms with E-state index in [1.807, 2.05) is 0 Å². The van der Waals surface area contributed by atoms with Gasteiger partial charge in [-0.25, -0.2) is 3.97 Å². The fourth-order valence-electron chi connectivity index (χ4n) is 0.610. The van der Waals surface area contributed by atoms with Gasteiger partial charge in [0.15, 0.2) is 12.3 Å². The molecule has 0 aromatic carbocycles. The highest BCUT2D eigenvalue weighted by Gasteiger charge is 2.08. The summed E-state index contributed by atoms with van der Waals surface area (Å²) in [6.45, 7) is 2.07. The first-order valence-electron chi connectivity index (χ1n) is 3.37. The minimum Gasteiger partial charge on any atom is -0.471 e. The number of aromatic nitrogens is 1. The van der Waals surface area contributed by atoms with Gasteiger partial charge in [-0.3, -0.25) is 4.79 Å². The number of halogens is 3. The van der Waals surface area contributed by atoms with E-state index in [0.29, 0.717) is 22.3 Å². The maximum Gasteiger partial charge on any atom is 0.292 e. The molecule has 7 heteroatoms. The van der Waals surface area contributed by atoms with Crippen LogP contribution >= 0.6 is 35.5 Å². The Kier molecular flexibility index (Phi) is 6.78. The van der Waals surface area contributed by atoms with Crippen molar-refractivity contribution in [1.82, 2.24) is 3.97 Å². The van der Waals surface area contributed by atoms with Crippen LogP contribution in [-0.4, -0.2) is 17.6 Å². The lowest BCUT2D eigenvalue weighted by molar-refractivity contribution is -0.126. The molecule has 0 saturated heterocycles. The molecule has 0 saturated carbocycles. The quantitative estimate of drug-likeness (QED) is 0.764. The van der Waals surface area contributed by atoms with Gasteiger partial charge in [0.05, 0.1) is 12.1 Å². The Labute approximate surface area is 95.6 Å². The molecule has 0 spiro atoms. The fraction of sp³-hybridized carbons (Fsp3) is 0.286. The van der Waals surface area contributed by atoms with Gasteiger partial charge in [-0.2, -0.15) is 0 Å². The third-order valence-corrected chi connectivity index (χ3v) is 2.62. The minimum atomic E-state index is 0.0431. The van der Waals surface area contributed by atoms with Gasteiger partial charge in [0.25, 0.3) is 6.47 Å². The standard InChI is InChI=1S/C5H4Cl2FNS.C2H4O2/c1-3-4(6)2-5(7)9(3)10-8;1-4-2-3/h2H,1H3;2H,1H3. The van der Waals surface area contributed by atoms with Gasteiger partial charge in [-0.05, 0) is 13.0 Å². The van der Waals surface area contributed by atoms with Crippen molar-refractivity contribution < 1.29 is 13.4 Å². The smallest absolute Gasteiger partial charge is 0.292 e. The van der Waals surface area contributed by atoms with Crippen molar-refractivity contribution >= 4 is 42.0 Å². The molecule has 1 aromatic heterocycles. The first-order chi connectivity index (χ1) is 6.58. The topological polar surface area (TPSA) is 31.2 Å². The van der Waals surface area contributed by atoms with Crippen molar-refractivity contribution in [1.29, 1.82) is 0 Å². The molecule has 0 unspecified atom stereocenters. The monoisotopic (exact) mass is 259 g/mol. The molecule has 1 heterocycles. The number of carbonyl (C=O) groups excluding carboxylic acids is 1. The van der Waals surface area contributed by atoms with Crippen LogP contribution in [0.1, 0.15) is 5.69 Å². The third-order valence-electron chi connectivity index (χ3n) is 1.26. The van der Waals surface area contributed by atoms with Crippen LogP contribution in [0.2, 0.25) is 10.2 Å². The van der Waals surface area contributed by atoms with E-state index < -0.39 is 0 Å². The second-order valence-corrected chi connectivity index (χ2v) is 3.39. The van der Waals surface area contributed by atoms with Crippen LogP contribution in [0.25, 0.3) is 0 Å². The predicted molar refractivity (Wildman–Crippen MR) is 56.4 cm³/mol. The third kappa shape index (κ3) is 3.77. The van der Waals surface area contributed by atoms with Crippen molar-refractivity contribution in [3.8, 4) is 0 Å². The Morgan fingerprint density at radius 1 is 1.64 bits per heavy atom. The molecule has 0 fully saturated rings. The summed E-state index contributed by atoms with van der Waals surface area (Å²) in [7, 11) is 1.31. The van der Waals surface area contributed by atoms with Crippen LogP contribution in [0.5, 0.6) is 0 Å². The number of nitrogens with zero attached hydrogens (tertiary/aromatic N) is 1. The maximum absolute atomic E-state index is 12.0. The van der Waals surface area contributed by atoms with Gasteiger partial charge in [-0.1, -0.05) is 23.2 Å². The number of methoxy groups -OCH3 is 1. The van der Waals surface area contributed by atoms with Crippen LogP contribution in [0, 0.1) is 6.92 Å². The maximum atomic E-state index is 12.0. The first kappa shape index (κ1) is 13.6. The zero-order chi connectivity index (χ0) is 11.1. The summed E-state index contributed by atoms with van der Waals surface area (Å²) in [5.74, 6) is 0. The van der Waals surface area contributed by atoms with Crippen LogP contribution in [0.15, 0.2) is 6.07 Å². The summed E-state index contributed by atoms with van der Waals surface area (Å²) < 4.78 is 17.1. The van der Waals surface area contributed by atoms with E-state index in [1.54, 1.807) is 6.92 Å². The SMILES string of the molecule is COC=O.Cc1c(Cl)cc(Cl)n1SF. The zero-order valence-corrected chi connectivity index (χ0v) is 9.79. The molecular weight excluding hydrogens is 252 g/mol. The van der Waals surface area contributed by atoms with Crippen molar-refractivity contribution in [2.24, 2.45) is 0 Å². The molecule has 14 heavy (non-hydrogen) atoms. The van der Waals surface area contributed by atoms with E-state index in [1.165, 1.54) is 17.1 Å². The van der Waals surface area contributed by atoms with Crippen LogP contribution < -0.4 is 0 Å². The Morgan fingerprint density at radius 3 is 2.29 bits per heavy atom. The summed E-state index contributed by atoms with van der Waals surface area (Å²) in [5.41, 5.74) is 0.624. The van der Waals surface area contributed by atoms with Crippen molar-refractivity contribution in [3.63, 3.8) is 0 Å². The number of carbonyl (C=O) groups is 1. The highest BCUT2D eigenvalue weighted by molar-refractivity contribution is 7.92. The molecule has 0 amide bonds. The van der Waals surface area contributed by atoms with E-state index in [4.69, 9.17) is 28.0 Å². The summed E-state index contributed by atoms with van der Waals surface area (Å²) in [5, 5.41) is 0.783. The van der Waals surface area contributed by atoms with Crippen molar-refractivity contribution in [2.45, 2.75) is 6.92 Å². The number of hydrogen-bond acceptors (Lipinski definition) is 3. The van der Waals surface area contributed by atoms with Gasteiger partial charge < -0.3 is 4.74 Å². The zero-order valence-electron chi connectivity index (χ0n) is 7.46. The largest absolute Gasteiger partial charge is 0.471 e. The minimum absolute atomic E-state index is 0.0431. The molecule has 1 rings (SSSR count). The summed E-state index contributed by atoms with van der Waals surface area (Å²) in [6.07, 6.45) is 0. The molecule has 1 aromatic rings. The molecule has 0 aliphatic carbocycles. The van der Waals surface area contributed by atoms with E-state index in [0.717, 1.165) is 0 Å². The van der Waals surface area contributed by atoms with E-state index in [9.17, 15) is 3.89 Å². The van der Waals surface area contributed by atoms with Gasteiger partial charge in [-0.15, -0.1) is 3.89 Å². The number of hydrogen-bond donors (Lipinski definition) is 0. The number of rotatable bonds is 2. The van der Waals surface area contributed by atoms with E-state index in [2.05, 4.69) is 4.74 Å². The molecule has 0 bridgehead atoms. The predicted octanol–water partition coefficient (Wildman–Crippen LogP) is 3.27. The molecule has 3 nitrogen and oxygen atoms in total. The second kappa shape index (κ2) is 6.98. The van der Waals surface area contributed by atoms with E-state index >= 15 is 0 Å². The van der Waals surface area contributed by atoms with Gasteiger partial charge in [0.2, 0.25) is 0 Å². The normalized spacial score (nSPS) is 8.93. The molecule has 0 N–H and O–H groups in total. The van der Waals surface area contributed by atoms with E-state index in [-0.39, 0.29) is 12.3 Å². The fourth-order valence-corrected chi connectivity index (χ4v) is 1.54. The van der Waals surface area contributed by atoms with Crippen LogP contribution in [0.3, 0.4) is 0 Å². The van der Waals surface area contributed by atoms with Crippen molar-refractivity contribution in [3.05, 3.63) is 21.9 Å². The Hall–Kier alpha value is -0.390. The molecule has 0 atom stereocenters. The lowest BCUT2D eigenvalue weighted by atomic mass is 10.5. The average Bonchev–Trinajstić information content (AvgIpc) is 2.42. The molecule has 0 aliphatic rings. The first-order valence-corrected chi connectivity index (χ1v) is 4.80. The summed E-state index contributed by atoms with van der Waals surface area (Å²) >= 11 is 11.2. The lowest BCUT2D eigenvalue weighted by Crippen LogP contribution is -1.84. The second-order valence-electron chi connectivity index (χ2n) is 2.10. The average molecular weight is 260 g/mol. The van der Waals surface area contributed by atoms with Crippen LogP contribution in [-0.2, 0) is 9.53 Å². The highest BCUT2D eigenvalue weighted by Crippen LogP contribution is 2.28. The molecule has 0 aliphatic heterocycles. The van der Waals surface area contributed by atoms with Crippen LogP contribution in [0.4, 0.5) is 3.89 Å². The summed E-state index contributed by atoms with van der Waals surface area (Å²) in [6, 6.07) is 1.50. The van der Waals surface area contributed by atoms with Gasteiger partial charge in [0, 0.05) is 5.69 Å². The highest BCUT2D eigenvalue weighted by atomic mass is 35.5.